The molecule has 1 fully saturated rings. The highest BCUT2D eigenvalue weighted by Gasteiger charge is 2.19. The van der Waals surface area contributed by atoms with Gasteiger partial charge in [-0.3, -0.25) is 0 Å². The average Bonchev–Trinajstić information content (AvgIpc) is 2.88. The molecule has 5 nitrogen and oxygen atoms in total. The number of hydrogen-bond acceptors (Lipinski definition) is 5. The van der Waals surface area contributed by atoms with Crippen molar-refractivity contribution in [2.24, 2.45) is 5.92 Å². The van der Waals surface area contributed by atoms with Crippen LogP contribution in [0.2, 0.25) is 10.0 Å². The summed E-state index contributed by atoms with van der Waals surface area (Å²) in [5.74, 6) is 1.65. The second-order valence-electron chi connectivity index (χ2n) is 4.89. The van der Waals surface area contributed by atoms with Gasteiger partial charge in [-0.2, -0.15) is 4.98 Å². The summed E-state index contributed by atoms with van der Waals surface area (Å²) in [5.41, 5.74) is 0.497. The third kappa shape index (κ3) is 3.11. The number of hydrogen-bond donors (Lipinski definition) is 1. The van der Waals surface area contributed by atoms with E-state index < -0.39 is 0 Å². The number of halogens is 2. The van der Waals surface area contributed by atoms with Crippen LogP contribution in [0.1, 0.15) is 18.7 Å². The van der Waals surface area contributed by atoms with Gasteiger partial charge in [0.1, 0.15) is 5.69 Å². The quantitative estimate of drug-likeness (QED) is 0.944. The SMILES string of the molecule is Clc1cnc(-c2noc(CC3CCNCC3)n2)c(Cl)c1. The van der Waals surface area contributed by atoms with Gasteiger partial charge in [0.25, 0.3) is 0 Å². The molecule has 0 atom stereocenters. The van der Waals surface area contributed by atoms with Crippen molar-refractivity contribution in [1.29, 1.82) is 0 Å². The highest BCUT2D eigenvalue weighted by Crippen LogP contribution is 2.26. The second-order valence-corrected chi connectivity index (χ2v) is 5.74. The van der Waals surface area contributed by atoms with Crippen LogP contribution in [0.25, 0.3) is 11.5 Å². The van der Waals surface area contributed by atoms with Crippen LogP contribution in [0.5, 0.6) is 0 Å². The van der Waals surface area contributed by atoms with E-state index in [2.05, 4.69) is 20.4 Å². The molecule has 106 valence electrons. The number of piperidine rings is 1. The van der Waals surface area contributed by atoms with E-state index in [0.29, 0.717) is 33.4 Å². The Morgan fingerprint density at radius 1 is 1.30 bits per heavy atom. The molecule has 0 saturated carbocycles. The minimum atomic E-state index is 0.413. The molecule has 0 spiro atoms. The van der Waals surface area contributed by atoms with Gasteiger partial charge in [0, 0.05) is 12.6 Å². The Labute approximate surface area is 126 Å². The maximum atomic E-state index is 6.09. The largest absolute Gasteiger partial charge is 0.339 e. The zero-order valence-electron chi connectivity index (χ0n) is 10.8. The monoisotopic (exact) mass is 312 g/mol. The average molecular weight is 313 g/mol. The Morgan fingerprint density at radius 3 is 2.85 bits per heavy atom. The van der Waals surface area contributed by atoms with Gasteiger partial charge in [0.05, 0.1) is 10.0 Å². The van der Waals surface area contributed by atoms with Crippen molar-refractivity contribution >= 4 is 23.2 Å². The molecule has 0 amide bonds. The van der Waals surface area contributed by atoms with Crippen LogP contribution >= 0.6 is 23.2 Å². The first-order valence-corrected chi connectivity index (χ1v) is 7.32. The first kappa shape index (κ1) is 13.8. The number of pyridine rings is 1. The number of aromatic nitrogens is 3. The summed E-state index contributed by atoms with van der Waals surface area (Å²) in [5, 5.41) is 8.19. The van der Waals surface area contributed by atoms with Crippen molar-refractivity contribution in [1.82, 2.24) is 20.4 Å². The van der Waals surface area contributed by atoms with Gasteiger partial charge in [-0.15, -0.1) is 0 Å². The van der Waals surface area contributed by atoms with Crippen molar-refractivity contribution in [3.05, 3.63) is 28.2 Å². The van der Waals surface area contributed by atoms with E-state index >= 15 is 0 Å². The number of rotatable bonds is 3. The van der Waals surface area contributed by atoms with Crippen LogP contribution in [-0.4, -0.2) is 28.2 Å². The summed E-state index contributed by atoms with van der Waals surface area (Å²) in [4.78, 5) is 8.53. The lowest BCUT2D eigenvalue weighted by Gasteiger charge is -2.20. The molecular weight excluding hydrogens is 299 g/mol. The summed E-state index contributed by atoms with van der Waals surface area (Å²) in [6, 6.07) is 1.62. The van der Waals surface area contributed by atoms with Crippen molar-refractivity contribution in [2.45, 2.75) is 19.3 Å². The van der Waals surface area contributed by atoms with E-state index in [-0.39, 0.29) is 0 Å². The Bertz CT molecular complexity index is 596. The van der Waals surface area contributed by atoms with Crippen molar-refractivity contribution in [3.8, 4) is 11.5 Å². The molecule has 1 aliphatic rings. The lowest BCUT2D eigenvalue weighted by molar-refractivity contribution is 0.313. The highest BCUT2D eigenvalue weighted by molar-refractivity contribution is 6.35. The van der Waals surface area contributed by atoms with Crippen LogP contribution in [-0.2, 0) is 6.42 Å². The fourth-order valence-electron chi connectivity index (χ4n) is 2.35. The molecule has 2 aromatic rings. The van der Waals surface area contributed by atoms with Gasteiger partial charge in [-0.1, -0.05) is 28.4 Å². The van der Waals surface area contributed by atoms with Gasteiger partial charge in [0.15, 0.2) is 0 Å². The molecule has 0 aliphatic carbocycles. The number of nitrogens with zero attached hydrogens (tertiary/aromatic N) is 3. The Balaban J connectivity index is 1.75. The third-order valence-electron chi connectivity index (χ3n) is 3.41. The van der Waals surface area contributed by atoms with E-state index in [4.69, 9.17) is 27.7 Å². The second kappa shape index (κ2) is 6.08. The standard InChI is InChI=1S/C13H14Cl2N4O/c14-9-6-10(15)12(17-7-9)13-18-11(20-19-13)5-8-1-3-16-4-2-8/h6-8,16H,1-5H2. The maximum Gasteiger partial charge on any atom is 0.227 e. The van der Waals surface area contributed by atoms with Crippen molar-refractivity contribution < 1.29 is 4.52 Å². The topological polar surface area (TPSA) is 63.8 Å². The van der Waals surface area contributed by atoms with Gasteiger partial charge >= 0.3 is 0 Å². The van der Waals surface area contributed by atoms with Crippen molar-refractivity contribution in [3.63, 3.8) is 0 Å². The molecule has 2 aromatic heterocycles. The zero-order chi connectivity index (χ0) is 13.9. The van der Waals surface area contributed by atoms with E-state index in [1.807, 2.05) is 0 Å². The Kier molecular flexibility index (Phi) is 4.19. The van der Waals surface area contributed by atoms with Crippen molar-refractivity contribution in [2.75, 3.05) is 13.1 Å². The molecule has 1 aliphatic heterocycles. The zero-order valence-corrected chi connectivity index (χ0v) is 12.3. The smallest absolute Gasteiger partial charge is 0.227 e. The fourth-order valence-corrected chi connectivity index (χ4v) is 2.81. The van der Waals surface area contributed by atoms with Crippen LogP contribution in [0.15, 0.2) is 16.8 Å². The van der Waals surface area contributed by atoms with Gasteiger partial charge < -0.3 is 9.84 Å². The fraction of sp³-hybridized carbons (Fsp3) is 0.462. The minimum absolute atomic E-state index is 0.413. The molecule has 0 aromatic carbocycles. The first-order chi connectivity index (χ1) is 9.72. The lowest BCUT2D eigenvalue weighted by atomic mass is 9.95. The van der Waals surface area contributed by atoms with E-state index in [0.717, 1.165) is 32.4 Å². The number of nitrogens with one attached hydrogen (secondary N) is 1. The molecule has 3 rings (SSSR count). The Hall–Kier alpha value is -1.17. The van der Waals surface area contributed by atoms with Gasteiger partial charge in [-0.05, 0) is 37.9 Å². The summed E-state index contributed by atoms with van der Waals surface area (Å²) in [6.07, 6.45) is 4.60. The van der Waals surface area contributed by atoms with Crippen LogP contribution < -0.4 is 5.32 Å². The predicted molar refractivity (Wildman–Crippen MR) is 76.8 cm³/mol. The first-order valence-electron chi connectivity index (χ1n) is 6.57. The molecule has 0 radical (unpaired) electrons. The van der Waals surface area contributed by atoms with Crippen LogP contribution in [0.3, 0.4) is 0 Å². The third-order valence-corrected chi connectivity index (χ3v) is 3.90. The molecular formula is C13H14Cl2N4O. The minimum Gasteiger partial charge on any atom is -0.339 e. The lowest BCUT2D eigenvalue weighted by Crippen LogP contribution is -2.28. The van der Waals surface area contributed by atoms with Gasteiger partial charge in [0.2, 0.25) is 11.7 Å². The van der Waals surface area contributed by atoms with Crippen LogP contribution in [0, 0.1) is 5.92 Å². The predicted octanol–water partition coefficient (Wildman–Crippen LogP) is 2.98. The summed E-state index contributed by atoms with van der Waals surface area (Å²) in [7, 11) is 0. The Morgan fingerprint density at radius 2 is 2.10 bits per heavy atom. The van der Waals surface area contributed by atoms with Crippen LogP contribution in [0.4, 0.5) is 0 Å². The van der Waals surface area contributed by atoms with E-state index in [9.17, 15) is 0 Å². The van der Waals surface area contributed by atoms with E-state index in [1.165, 1.54) is 6.20 Å². The highest BCUT2D eigenvalue weighted by atomic mass is 35.5. The normalized spacial score (nSPS) is 16.5. The molecule has 0 bridgehead atoms. The molecule has 1 saturated heterocycles. The molecule has 0 unspecified atom stereocenters. The molecule has 20 heavy (non-hydrogen) atoms. The maximum absolute atomic E-state index is 6.09. The molecule has 7 heteroatoms. The summed E-state index contributed by atoms with van der Waals surface area (Å²) < 4.78 is 5.29. The van der Waals surface area contributed by atoms with Gasteiger partial charge in [-0.25, -0.2) is 4.98 Å². The molecule has 1 N–H and O–H groups in total. The molecule has 3 heterocycles. The summed E-state index contributed by atoms with van der Waals surface area (Å²) >= 11 is 11.9. The summed E-state index contributed by atoms with van der Waals surface area (Å²) in [6.45, 7) is 2.10. The van der Waals surface area contributed by atoms with E-state index in [1.54, 1.807) is 6.07 Å².